The van der Waals surface area contributed by atoms with Crippen LogP contribution in [0.5, 0.6) is 0 Å². The Morgan fingerprint density at radius 1 is 1.15 bits per heavy atom. The van der Waals surface area contributed by atoms with Gasteiger partial charge in [-0.2, -0.15) is 0 Å². The molecule has 2 aromatic rings. The second kappa shape index (κ2) is 7.46. The van der Waals surface area contributed by atoms with Crippen LogP contribution in [0.3, 0.4) is 0 Å². The van der Waals surface area contributed by atoms with E-state index in [1.54, 1.807) is 17.8 Å². The van der Waals surface area contributed by atoms with Gasteiger partial charge in [-0.25, -0.2) is 4.39 Å². The molecular weight excluding hydrogens is 269 g/mol. The first-order valence-corrected chi connectivity index (χ1v) is 7.85. The van der Waals surface area contributed by atoms with Gasteiger partial charge in [0.25, 0.3) is 0 Å². The van der Waals surface area contributed by atoms with Crippen LogP contribution in [0, 0.1) is 12.7 Å². The molecule has 0 heterocycles. The fourth-order valence-electron chi connectivity index (χ4n) is 2.06. The van der Waals surface area contributed by atoms with Gasteiger partial charge in [0.2, 0.25) is 0 Å². The van der Waals surface area contributed by atoms with Crippen molar-refractivity contribution in [2.75, 3.05) is 6.54 Å². The first-order valence-electron chi connectivity index (χ1n) is 6.87. The van der Waals surface area contributed by atoms with Gasteiger partial charge in [-0.1, -0.05) is 42.8 Å². The van der Waals surface area contributed by atoms with Gasteiger partial charge in [-0.3, -0.25) is 0 Å². The van der Waals surface area contributed by atoms with Crippen molar-refractivity contribution in [2.24, 2.45) is 0 Å². The number of hydrogen-bond acceptors (Lipinski definition) is 2. The minimum Gasteiger partial charge on any atom is -0.313 e. The van der Waals surface area contributed by atoms with Crippen molar-refractivity contribution >= 4 is 11.8 Å². The van der Waals surface area contributed by atoms with Gasteiger partial charge in [0.05, 0.1) is 0 Å². The Morgan fingerprint density at radius 3 is 2.70 bits per heavy atom. The second-order valence-corrected chi connectivity index (χ2v) is 5.79. The maximum Gasteiger partial charge on any atom is 0.128 e. The summed E-state index contributed by atoms with van der Waals surface area (Å²) in [6, 6.07) is 13.8. The predicted molar refractivity (Wildman–Crippen MR) is 84.5 cm³/mol. The van der Waals surface area contributed by atoms with Crippen LogP contribution in [-0.4, -0.2) is 6.54 Å². The van der Waals surface area contributed by atoms with Crippen LogP contribution in [0.15, 0.2) is 47.4 Å². The van der Waals surface area contributed by atoms with Crippen LogP contribution in [-0.2, 0) is 12.3 Å². The van der Waals surface area contributed by atoms with E-state index in [-0.39, 0.29) is 5.82 Å². The van der Waals surface area contributed by atoms with Crippen LogP contribution in [0.2, 0.25) is 0 Å². The normalized spacial score (nSPS) is 10.8. The zero-order valence-electron chi connectivity index (χ0n) is 11.9. The van der Waals surface area contributed by atoms with E-state index < -0.39 is 0 Å². The predicted octanol–water partition coefficient (Wildman–Crippen LogP) is 4.54. The van der Waals surface area contributed by atoms with Crippen molar-refractivity contribution in [3.05, 3.63) is 65.0 Å². The third-order valence-electron chi connectivity index (χ3n) is 3.10. The number of benzene rings is 2. The van der Waals surface area contributed by atoms with E-state index in [4.69, 9.17) is 0 Å². The summed E-state index contributed by atoms with van der Waals surface area (Å²) >= 11 is 1.69. The van der Waals surface area contributed by atoms with Crippen LogP contribution < -0.4 is 5.32 Å². The Morgan fingerprint density at radius 2 is 1.95 bits per heavy atom. The highest BCUT2D eigenvalue weighted by atomic mass is 32.2. The average molecular weight is 289 g/mol. The summed E-state index contributed by atoms with van der Waals surface area (Å²) in [6.07, 6.45) is 0. The monoisotopic (exact) mass is 289 g/mol. The summed E-state index contributed by atoms with van der Waals surface area (Å²) in [5.41, 5.74) is 3.30. The molecule has 2 aromatic carbocycles. The summed E-state index contributed by atoms with van der Waals surface area (Å²) in [6.45, 7) is 5.54. The molecule has 0 aliphatic heterocycles. The number of nitrogens with one attached hydrogen (secondary N) is 1. The standard InChI is InChI=1S/C17H20FNS/c1-3-19-11-15-16(18)8-5-9-17(15)20-12-14-7-4-6-13(2)10-14/h4-10,19H,3,11-12H2,1-2H3. The lowest BCUT2D eigenvalue weighted by molar-refractivity contribution is 0.586. The number of halogens is 1. The largest absolute Gasteiger partial charge is 0.313 e. The molecule has 0 radical (unpaired) electrons. The maximum absolute atomic E-state index is 13.9. The fraction of sp³-hybridized carbons (Fsp3) is 0.294. The summed E-state index contributed by atoms with van der Waals surface area (Å²) < 4.78 is 13.9. The van der Waals surface area contributed by atoms with Gasteiger partial charge in [0, 0.05) is 22.8 Å². The highest BCUT2D eigenvalue weighted by molar-refractivity contribution is 7.98. The number of rotatable bonds is 6. The lowest BCUT2D eigenvalue weighted by Gasteiger charge is -2.11. The van der Waals surface area contributed by atoms with Crippen LogP contribution in [0.25, 0.3) is 0 Å². The third-order valence-corrected chi connectivity index (χ3v) is 4.28. The van der Waals surface area contributed by atoms with Gasteiger partial charge in [0.15, 0.2) is 0 Å². The Hall–Kier alpha value is -1.32. The molecule has 0 aliphatic rings. The zero-order chi connectivity index (χ0) is 14.4. The molecule has 0 bridgehead atoms. The molecule has 0 saturated carbocycles. The maximum atomic E-state index is 13.9. The lowest BCUT2D eigenvalue weighted by atomic mass is 10.2. The van der Waals surface area contributed by atoms with Gasteiger partial charge >= 0.3 is 0 Å². The van der Waals surface area contributed by atoms with Crippen LogP contribution in [0.4, 0.5) is 4.39 Å². The van der Waals surface area contributed by atoms with Crippen molar-refractivity contribution in [2.45, 2.75) is 31.0 Å². The average Bonchev–Trinajstić information content (AvgIpc) is 2.44. The summed E-state index contributed by atoms with van der Waals surface area (Å²) in [5, 5.41) is 3.20. The van der Waals surface area contributed by atoms with Crippen LogP contribution >= 0.6 is 11.8 Å². The molecule has 20 heavy (non-hydrogen) atoms. The number of hydrogen-bond donors (Lipinski definition) is 1. The Labute approximate surface area is 124 Å². The Balaban J connectivity index is 2.10. The third kappa shape index (κ3) is 4.09. The molecule has 3 heteroatoms. The molecule has 0 atom stereocenters. The highest BCUT2D eigenvalue weighted by Gasteiger charge is 2.08. The number of aryl methyl sites for hydroxylation is 1. The SMILES string of the molecule is CCNCc1c(F)cccc1SCc1cccc(C)c1. The first-order chi connectivity index (χ1) is 9.70. The molecule has 2 rings (SSSR count). The molecule has 1 N–H and O–H groups in total. The molecule has 0 saturated heterocycles. The topological polar surface area (TPSA) is 12.0 Å². The summed E-state index contributed by atoms with van der Waals surface area (Å²) in [7, 11) is 0. The fourth-order valence-corrected chi connectivity index (χ4v) is 3.08. The smallest absolute Gasteiger partial charge is 0.128 e. The Kier molecular flexibility index (Phi) is 5.62. The van der Waals surface area contributed by atoms with E-state index in [1.165, 1.54) is 17.2 Å². The molecule has 0 aromatic heterocycles. The molecule has 0 fully saturated rings. The molecule has 0 amide bonds. The van der Waals surface area contributed by atoms with Crippen molar-refractivity contribution < 1.29 is 4.39 Å². The van der Waals surface area contributed by atoms with Crippen molar-refractivity contribution in [3.63, 3.8) is 0 Å². The molecular formula is C17H20FNS. The molecule has 0 spiro atoms. The van der Waals surface area contributed by atoms with E-state index in [0.29, 0.717) is 6.54 Å². The quantitative estimate of drug-likeness (QED) is 0.784. The highest BCUT2D eigenvalue weighted by Crippen LogP contribution is 2.28. The van der Waals surface area contributed by atoms with Crippen molar-refractivity contribution in [3.8, 4) is 0 Å². The minimum atomic E-state index is -0.125. The van der Waals surface area contributed by atoms with Gasteiger partial charge in [-0.15, -0.1) is 11.8 Å². The van der Waals surface area contributed by atoms with Crippen molar-refractivity contribution in [1.82, 2.24) is 5.32 Å². The van der Waals surface area contributed by atoms with E-state index in [2.05, 4.69) is 36.5 Å². The van der Waals surface area contributed by atoms with E-state index in [1.807, 2.05) is 13.0 Å². The van der Waals surface area contributed by atoms with Gasteiger partial charge < -0.3 is 5.32 Å². The second-order valence-electron chi connectivity index (χ2n) is 4.77. The van der Waals surface area contributed by atoms with Gasteiger partial charge in [0.1, 0.15) is 5.82 Å². The zero-order valence-corrected chi connectivity index (χ0v) is 12.8. The molecule has 1 nitrogen and oxygen atoms in total. The van der Waals surface area contributed by atoms with E-state index in [0.717, 1.165) is 22.8 Å². The molecule has 0 aliphatic carbocycles. The summed E-state index contributed by atoms with van der Waals surface area (Å²) in [5.74, 6) is 0.741. The van der Waals surface area contributed by atoms with Crippen molar-refractivity contribution in [1.29, 1.82) is 0 Å². The summed E-state index contributed by atoms with van der Waals surface area (Å²) in [4.78, 5) is 1.02. The van der Waals surface area contributed by atoms with E-state index >= 15 is 0 Å². The molecule has 106 valence electrons. The minimum absolute atomic E-state index is 0.125. The van der Waals surface area contributed by atoms with Gasteiger partial charge in [-0.05, 0) is 31.2 Å². The van der Waals surface area contributed by atoms with Crippen LogP contribution in [0.1, 0.15) is 23.6 Å². The van der Waals surface area contributed by atoms with E-state index in [9.17, 15) is 4.39 Å². The Bertz CT molecular complexity index is 569. The lowest BCUT2D eigenvalue weighted by Crippen LogP contribution is -2.13. The first kappa shape index (κ1) is 15.1. The molecule has 0 unspecified atom stereocenters. The number of thioether (sulfide) groups is 1.